The van der Waals surface area contributed by atoms with Crippen molar-refractivity contribution in [1.82, 2.24) is 0 Å². The summed E-state index contributed by atoms with van der Waals surface area (Å²) in [7, 11) is 1.40. The van der Waals surface area contributed by atoms with E-state index in [9.17, 15) is 19.5 Å². The van der Waals surface area contributed by atoms with Gasteiger partial charge in [-0.15, -0.1) is 0 Å². The third kappa shape index (κ3) is 5.95. The van der Waals surface area contributed by atoms with Gasteiger partial charge in [-0.2, -0.15) is 0 Å². The van der Waals surface area contributed by atoms with Gasteiger partial charge in [0, 0.05) is 20.0 Å². The first-order chi connectivity index (χ1) is 12.4. The number of carbonyl (C=O) groups is 3. The van der Waals surface area contributed by atoms with E-state index in [1.165, 1.54) is 7.11 Å². The summed E-state index contributed by atoms with van der Waals surface area (Å²) in [6, 6.07) is 0. The molecule has 1 aliphatic rings. The molecule has 0 spiro atoms. The van der Waals surface area contributed by atoms with Crippen LogP contribution in [0.5, 0.6) is 0 Å². The lowest BCUT2D eigenvalue weighted by Gasteiger charge is -2.43. The molecule has 1 fully saturated rings. The SMILES string of the molecule is CCCC(=O)O[C@H]1[C@H](OC)OC[C@H](OC(=O)CCC)[C@H]1C(CC)C(=O)O. The minimum absolute atomic E-state index is 0.00969. The van der Waals surface area contributed by atoms with Crippen LogP contribution in [-0.4, -0.2) is 55.2 Å². The number of ether oxygens (including phenoxy) is 4. The Morgan fingerprint density at radius 3 is 2.12 bits per heavy atom. The summed E-state index contributed by atoms with van der Waals surface area (Å²) in [5, 5.41) is 9.63. The molecule has 0 aromatic carbocycles. The Kier molecular flexibility index (Phi) is 9.58. The molecule has 1 rings (SSSR count). The number of rotatable bonds is 10. The number of carboxylic acid groups (broad SMARTS) is 1. The zero-order chi connectivity index (χ0) is 19.7. The molecule has 8 nitrogen and oxygen atoms in total. The van der Waals surface area contributed by atoms with Crippen molar-refractivity contribution >= 4 is 17.9 Å². The molecule has 26 heavy (non-hydrogen) atoms. The quantitative estimate of drug-likeness (QED) is 0.579. The second-order valence-electron chi connectivity index (χ2n) is 6.35. The maximum Gasteiger partial charge on any atom is 0.307 e. The predicted octanol–water partition coefficient (Wildman–Crippen LogP) is 2.14. The number of aliphatic carboxylic acids is 1. The second-order valence-corrected chi connectivity index (χ2v) is 6.35. The van der Waals surface area contributed by atoms with E-state index in [0.29, 0.717) is 19.3 Å². The lowest BCUT2D eigenvalue weighted by atomic mass is 9.79. The first-order valence-electron chi connectivity index (χ1n) is 9.15. The van der Waals surface area contributed by atoms with Crippen molar-refractivity contribution < 1.29 is 38.4 Å². The van der Waals surface area contributed by atoms with Crippen molar-refractivity contribution in [3.05, 3.63) is 0 Å². The normalized spacial score (nSPS) is 26.8. The molecular weight excluding hydrogens is 344 g/mol. The predicted molar refractivity (Wildman–Crippen MR) is 91.2 cm³/mol. The molecule has 0 aromatic rings. The molecular formula is C18H30O8. The highest BCUT2D eigenvalue weighted by Gasteiger charge is 2.50. The number of carbonyl (C=O) groups excluding carboxylic acids is 2. The minimum Gasteiger partial charge on any atom is -0.481 e. The highest BCUT2D eigenvalue weighted by molar-refractivity contribution is 5.72. The Morgan fingerprint density at radius 1 is 1.08 bits per heavy atom. The topological polar surface area (TPSA) is 108 Å². The highest BCUT2D eigenvalue weighted by Crippen LogP contribution is 2.35. The second kappa shape index (κ2) is 11.1. The van der Waals surface area contributed by atoms with Crippen LogP contribution in [-0.2, 0) is 33.3 Å². The molecule has 8 heteroatoms. The molecule has 150 valence electrons. The van der Waals surface area contributed by atoms with Gasteiger partial charge in [0.15, 0.2) is 12.4 Å². The molecule has 1 N–H and O–H groups in total. The molecule has 1 unspecified atom stereocenters. The van der Waals surface area contributed by atoms with E-state index >= 15 is 0 Å². The van der Waals surface area contributed by atoms with Gasteiger partial charge < -0.3 is 24.1 Å². The van der Waals surface area contributed by atoms with Gasteiger partial charge >= 0.3 is 17.9 Å². The molecule has 1 aliphatic heterocycles. The van der Waals surface area contributed by atoms with Gasteiger partial charge in [-0.3, -0.25) is 14.4 Å². The molecule has 0 aliphatic carbocycles. The highest BCUT2D eigenvalue weighted by atomic mass is 16.7. The summed E-state index contributed by atoms with van der Waals surface area (Å²) >= 11 is 0. The molecule has 0 amide bonds. The molecule has 0 aromatic heterocycles. The van der Waals surface area contributed by atoms with E-state index in [0.717, 1.165) is 0 Å². The molecule has 5 atom stereocenters. The number of hydrogen-bond acceptors (Lipinski definition) is 7. The van der Waals surface area contributed by atoms with Crippen molar-refractivity contribution in [3.8, 4) is 0 Å². The van der Waals surface area contributed by atoms with Gasteiger partial charge in [0.2, 0.25) is 0 Å². The lowest BCUT2D eigenvalue weighted by molar-refractivity contribution is -0.266. The van der Waals surface area contributed by atoms with Gasteiger partial charge in [-0.1, -0.05) is 20.8 Å². The van der Waals surface area contributed by atoms with Crippen LogP contribution in [0.25, 0.3) is 0 Å². The molecule has 1 saturated heterocycles. The fourth-order valence-electron chi connectivity index (χ4n) is 3.18. The van der Waals surface area contributed by atoms with E-state index in [1.54, 1.807) is 6.92 Å². The van der Waals surface area contributed by atoms with Crippen LogP contribution in [0.15, 0.2) is 0 Å². The van der Waals surface area contributed by atoms with Crippen molar-refractivity contribution in [3.63, 3.8) is 0 Å². The molecule has 0 radical (unpaired) electrons. The van der Waals surface area contributed by atoms with Crippen LogP contribution >= 0.6 is 0 Å². The zero-order valence-corrected chi connectivity index (χ0v) is 15.9. The Bertz CT molecular complexity index is 478. The maximum atomic E-state index is 12.0. The van der Waals surface area contributed by atoms with Crippen LogP contribution in [0.4, 0.5) is 0 Å². The van der Waals surface area contributed by atoms with Crippen molar-refractivity contribution in [2.24, 2.45) is 11.8 Å². The minimum atomic E-state index is -1.04. The van der Waals surface area contributed by atoms with Crippen LogP contribution < -0.4 is 0 Å². The van der Waals surface area contributed by atoms with Crippen molar-refractivity contribution in [2.45, 2.75) is 71.4 Å². The molecule has 0 saturated carbocycles. The van der Waals surface area contributed by atoms with Crippen LogP contribution in [0.1, 0.15) is 52.9 Å². The van der Waals surface area contributed by atoms with E-state index in [-0.39, 0.29) is 19.4 Å². The Hall–Kier alpha value is -1.67. The fourth-order valence-corrected chi connectivity index (χ4v) is 3.18. The van der Waals surface area contributed by atoms with Crippen LogP contribution in [0, 0.1) is 11.8 Å². The summed E-state index contributed by atoms with van der Waals surface area (Å²) in [6.45, 7) is 5.40. The third-order valence-electron chi connectivity index (χ3n) is 4.41. The Morgan fingerprint density at radius 2 is 1.65 bits per heavy atom. The van der Waals surface area contributed by atoms with Gasteiger partial charge in [0.1, 0.15) is 6.10 Å². The number of esters is 2. The largest absolute Gasteiger partial charge is 0.481 e. The van der Waals surface area contributed by atoms with E-state index in [4.69, 9.17) is 18.9 Å². The summed E-state index contributed by atoms with van der Waals surface area (Å²) in [5.74, 6) is -3.55. The van der Waals surface area contributed by atoms with E-state index < -0.39 is 48.2 Å². The molecule has 1 heterocycles. The average molecular weight is 374 g/mol. The Labute approximate surface area is 154 Å². The van der Waals surface area contributed by atoms with E-state index in [1.807, 2.05) is 13.8 Å². The summed E-state index contributed by atoms with van der Waals surface area (Å²) < 4.78 is 21.8. The average Bonchev–Trinajstić information content (AvgIpc) is 2.58. The van der Waals surface area contributed by atoms with Gasteiger partial charge in [0.05, 0.1) is 18.4 Å². The van der Waals surface area contributed by atoms with Crippen molar-refractivity contribution in [2.75, 3.05) is 13.7 Å². The number of hydrogen-bond donors (Lipinski definition) is 1. The Balaban J connectivity index is 3.14. The third-order valence-corrected chi connectivity index (χ3v) is 4.41. The summed E-state index contributed by atoms with van der Waals surface area (Å²) in [6.07, 6.45) is -0.766. The van der Waals surface area contributed by atoms with Gasteiger partial charge in [0.25, 0.3) is 0 Å². The fraction of sp³-hybridized carbons (Fsp3) is 0.833. The number of methoxy groups -OCH3 is 1. The van der Waals surface area contributed by atoms with Gasteiger partial charge in [-0.05, 0) is 19.3 Å². The zero-order valence-electron chi connectivity index (χ0n) is 15.9. The summed E-state index contributed by atoms with van der Waals surface area (Å²) in [4.78, 5) is 35.8. The van der Waals surface area contributed by atoms with Crippen molar-refractivity contribution in [1.29, 1.82) is 0 Å². The monoisotopic (exact) mass is 374 g/mol. The first kappa shape index (κ1) is 22.4. The first-order valence-corrected chi connectivity index (χ1v) is 9.15. The van der Waals surface area contributed by atoms with E-state index in [2.05, 4.69) is 0 Å². The maximum absolute atomic E-state index is 12.0. The smallest absolute Gasteiger partial charge is 0.307 e. The number of carboxylic acids is 1. The molecule has 0 bridgehead atoms. The van der Waals surface area contributed by atoms with Crippen LogP contribution in [0.3, 0.4) is 0 Å². The standard InChI is InChI=1S/C18H30O8/c1-5-8-13(19)25-12-10-24-18(23-4)16(26-14(20)9-6-2)15(12)11(7-3)17(21)22/h11-12,15-16,18H,5-10H2,1-4H3,(H,21,22)/t11?,12-,15+,16+,18+/m0/s1. The van der Waals surface area contributed by atoms with Gasteiger partial charge in [-0.25, -0.2) is 0 Å². The summed E-state index contributed by atoms with van der Waals surface area (Å²) in [5.41, 5.74) is 0. The van der Waals surface area contributed by atoms with Crippen LogP contribution in [0.2, 0.25) is 0 Å². The lowest BCUT2D eigenvalue weighted by Crippen LogP contribution is -2.56.